The fourth-order valence-electron chi connectivity index (χ4n) is 2.01. The summed E-state index contributed by atoms with van der Waals surface area (Å²) in [6.07, 6.45) is 2.26. The summed E-state index contributed by atoms with van der Waals surface area (Å²) in [6, 6.07) is 6.94. The van der Waals surface area contributed by atoms with Crippen molar-refractivity contribution in [1.82, 2.24) is 0 Å². The fourth-order valence-corrected chi connectivity index (χ4v) is 2.01. The van der Waals surface area contributed by atoms with Crippen LogP contribution in [0.1, 0.15) is 11.5 Å². The zero-order valence-corrected chi connectivity index (χ0v) is 10.3. The van der Waals surface area contributed by atoms with Crippen molar-refractivity contribution in [2.45, 2.75) is 12.0 Å². The van der Waals surface area contributed by atoms with Crippen molar-refractivity contribution >= 4 is 5.97 Å². The van der Waals surface area contributed by atoms with E-state index in [-0.39, 0.29) is 6.54 Å². The summed E-state index contributed by atoms with van der Waals surface area (Å²) < 4.78 is 10.1. The summed E-state index contributed by atoms with van der Waals surface area (Å²) in [7, 11) is 1.55. The fraction of sp³-hybridized carbons (Fsp3) is 0.308. The summed E-state index contributed by atoms with van der Waals surface area (Å²) in [6.45, 7) is -0.297. The lowest BCUT2D eigenvalue weighted by Crippen LogP contribution is -2.25. The largest absolute Gasteiger partial charge is 0.497 e. The van der Waals surface area contributed by atoms with Crippen LogP contribution in [0.5, 0.6) is 5.75 Å². The molecule has 0 bridgehead atoms. The molecule has 0 radical (unpaired) electrons. The average molecular weight is 263 g/mol. The van der Waals surface area contributed by atoms with Gasteiger partial charge in [0.2, 0.25) is 6.54 Å². The van der Waals surface area contributed by atoms with Crippen molar-refractivity contribution in [3.63, 3.8) is 0 Å². The molecule has 1 aliphatic heterocycles. The third-order valence-electron chi connectivity index (χ3n) is 2.96. The molecule has 0 unspecified atom stereocenters. The number of carbonyl (C=O) groups is 1. The van der Waals surface area contributed by atoms with Crippen LogP contribution in [0.4, 0.5) is 0 Å². The third kappa shape index (κ3) is 3.09. The minimum Gasteiger partial charge on any atom is -0.497 e. The molecule has 0 N–H and O–H groups in total. The van der Waals surface area contributed by atoms with Gasteiger partial charge in [0.15, 0.2) is 0 Å². The Labute approximate surface area is 109 Å². The summed E-state index contributed by atoms with van der Waals surface area (Å²) in [5.74, 6) is -0.293. The predicted molar refractivity (Wildman–Crippen MR) is 66.6 cm³/mol. The molecule has 0 saturated heterocycles. The van der Waals surface area contributed by atoms with Gasteiger partial charge in [-0.2, -0.15) is 0 Å². The average Bonchev–Trinajstić information content (AvgIpc) is 2.82. The van der Waals surface area contributed by atoms with E-state index < -0.39 is 22.9 Å². The van der Waals surface area contributed by atoms with Crippen LogP contribution in [0, 0.1) is 10.1 Å². The van der Waals surface area contributed by atoms with Crippen molar-refractivity contribution in [3.8, 4) is 5.75 Å². The molecule has 1 aromatic carbocycles. The molecule has 0 fully saturated rings. The van der Waals surface area contributed by atoms with Crippen LogP contribution in [-0.4, -0.2) is 30.7 Å². The molecule has 2 atom stereocenters. The van der Waals surface area contributed by atoms with E-state index >= 15 is 0 Å². The van der Waals surface area contributed by atoms with Crippen LogP contribution in [0.3, 0.4) is 0 Å². The SMILES string of the molecule is COc1ccc([C@@H](C[N+](=O)[O-])[C@H]2C=CC(=O)O2)cc1. The molecule has 6 heteroatoms. The first-order valence-corrected chi connectivity index (χ1v) is 5.74. The second-order valence-electron chi connectivity index (χ2n) is 4.16. The Morgan fingerprint density at radius 3 is 2.58 bits per heavy atom. The summed E-state index contributed by atoms with van der Waals surface area (Å²) in [5.41, 5.74) is 0.738. The van der Waals surface area contributed by atoms with Crippen molar-refractivity contribution in [1.29, 1.82) is 0 Å². The zero-order valence-electron chi connectivity index (χ0n) is 10.3. The van der Waals surface area contributed by atoms with Gasteiger partial charge in [-0.05, 0) is 23.8 Å². The second kappa shape index (κ2) is 5.51. The Bertz CT molecular complexity index is 508. The van der Waals surface area contributed by atoms with Crippen LogP contribution in [-0.2, 0) is 9.53 Å². The summed E-state index contributed by atoms with van der Waals surface area (Å²) in [4.78, 5) is 21.4. The molecule has 0 aromatic heterocycles. The highest BCUT2D eigenvalue weighted by Gasteiger charge is 2.31. The minimum atomic E-state index is -0.591. The standard InChI is InChI=1S/C13H13NO5/c1-18-10-4-2-9(3-5-10)11(8-14(16)17)12-6-7-13(15)19-12/h2-7,11-12H,8H2,1H3/t11-,12-/m1/s1. The molecule has 0 aliphatic carbocycles. The highest BCUT2D eigenvalue weighted by molar-refractivity contribution is 5.84. The number of cyclic esters (lactones) is 1. The lowest BCUT2D eigenvalue weighted by atomic mass is 9.93. The van der Waals surface area contributed by atoms with Gasteiger partial charge in [0.1, 0.15) is 11.9 Å². The highest BCUT2D eigenvalue weighted by atomic mass is 16.6. The molecule has 1 heterocycles. The summed E-state index contributed by atoms with van der Waals surface area (Å²) in [5, 5.41) is 10.8. The maximum Gasteiger partial charge on any atom is 0.331 e. The number of carbonyl (C=O) groups excluding carboxylic acids is 1. The maximum absolute atomic E-state index is 11.1. The van der Waals surface area contributed by atoms with Crippen LogP contribution < -0.4 is 4.74 Å². The Balaban J connectivity index is 2.23. The number of hydrogen-bond donors (Lipinski definition) is 0. The maximum atomic E-state index is 11.1. The van der Waals surface area contributed by atoms with E-state index in [0.717, 1.165) is 5.56 Å². The number of nitro groups is 1. The Kier molecular flexibility index (Phi) is 3.79. The van der Waals surface area contributed by atoms with Gasteiger partial charge in [-0.25, -0.2) is 4.79 Å². The lowest BCUT2D eigenvalue weighted by Gasteiger charge is -2.18. The lowest BCUT2D eigenvalue weighted by molar-refractivity contribution is -0.484. The molecule has 100 valence electrons. The van der Waals surface area contributed by atoms with E-state index in [0.29, 0.717) is 5.75 Å². The molecule has 19 heavy (non-hydrogen) atoms. The van der Waals surface area contributed by atoms with Crippen molar-refractivity contribution in [2.75, 3.05) is 13.7 Å². The van der Waals surface area contributed by atoms with Gasteiger partial charge in [0, 0.05) is 11.0 Å². The van der Waals surface area contributed by atoms with Crippen molar-refractivity contribution in [2.24, 2.45) is 0 Å². The van der Waals surface area contributed by atoms with Crippen LogP contribution >= 0.6 is 0 Å². The minimum absolute atomic E-state index is 0.297. The third-order valence-corrected chi connectivity index (χ3v) is 2.96. The first-order valence-electron chi connectivity index (χ1n) is 5.74. The Morgan fingerprint density at radius 2 is 2.11 bits per heavy atom. The Morgan fingerprint density at radius 1 is 1.42 bits per heavy atom. The van der Waals surface area contributed by atoms with E-state index in [9.17, 15) is 14.9 Å². The van der Waals surface area contributed by atoms with E-state index in [4.69, 9.17) is 9.47 Å². The number of esters is 1. The number of hydrogen-bond acceptors (Lipinski definition) is 5. The van der Waals surface area contributed by atoms with Crippen LogP contribution in [0.15, 0.2) is 36.4 Å². The van der Waals surface area contributed by atoms with Gasteiger partial charge in [-0.15, -0.1) is 0 Å². The number of nitrogens with zero attached hydrogens (tertiary/aromatic N) is 1. The van der Waals surface area contributed by atoms with Gasteiger partial charge in [-0.1, -0.05) is 12.1 Å². The van der Waals surface area contributed by atoms with E-state index in [1.165, 1.54) is 6.08 Å². The second-order valence-corrected chi connectivity index (χ2v) is 4.16. The van der Waals surface area contributed by atoms with E-state index in [1.54, 1.807) is 37.5 Å². The van der Waals surface area contributed by atoms with Gasteiger partial charge >= 0.3 is 5.97 Å². The quantitative estimate of drug-likeness (QED) is 0.457. The van der Waals surface area contributed by atoms with Gasteiger partial charge < -0.3 is 9.47 Å². The highest BCUT2D eigenvalue weighted by Crippen LogP contribution is 2.27. The van der Waals surface area contributed by atoms with Crippen molar-refractivity contribution in [3.05, 3.63) is 52.1 Å². The van der Waals surface area contributed by atoms with Gasteiger partial charge in [0.25, 0.3) is 0 Å². The number of rotatable bonds is 5. The molecule has 0 spiro atoms. The van der Waals surface area contributed by atoms with Crippen molar-refractivity contribution < 1.29 is 19.2 Å². The molecule has 0 amide bonds. The Hall–Kier alpha value is -2.37. The topological polar surface area (TPSA) is 78.7 Å². The monoisotopic (exact) mass is 263 g/mol. The first-order chi connectivity index (χ1) is 9.10. The smallest absolute Gasteiger partial charge is 0.331 e. The number of benzene rings is 1. The molecule has 0 saturated carbocycles. The predicted octanol–water partition coefficient (Wildman–Crippen LogP) is 1.54. The molecular weight excluding hydrogens is 250 g/mol. The normalized spacial score (nSPS) is 19.0. The van der Waals surface area contributed by atoms with Gasteiger partial charge in [-0.3, -0.25) is 10.1 Å². The molecule has 1 aliphatic rings. The van der Waals surface area contributed by atoms with E-state index in [1.807, 2.05) is 0 Å². The van der Waals surface area contributed by atoms with Crippen LogP contribution in [0.2, 0.25) is 0 Å². The molecule has 1 aromatic rings. The van der Waals surface area contributed by atoms with E-state index in [2.05, 4.69) is 0 Å². The van der Waals surface area contributed by atoms with Crippen LogP contribution in [0.25, 0.3) is 0 Å². The summed E-state index contributed by atoms with van der Waals surface area (Å²) >= 11 is 0. The van der Waals surface area contributed by atoms with Gasteiger partial charge in [0.05, 0.1) is 13.0 Å². The molecule has 6 nitrogen and oxygen atoms in total. The first kappa shape index (κ1) is 13.1. The molecular formula is C13H13NO5. The number of ether oxygens (including phenoxy) is 2. The molecule has 2 rings (SSSR count). The number of methoxy groups -OCH3 is 1. The zero-order chi connectivity index (χ0) is 13.8.